The number of rotatable bonds is 5. The number of nitrogens with one attached hydrogen (secondary N) is 1. The van der Waals surface area contributed by atoms with Gasteiger partial charge in [0.05, 0.1) is 33.8 Å². The molecule has 0 bridgehead atoms. The van der Waals surface area contributed by atoms with Gasteiger partial charge in [0.2, 0.25) is 0 Å². The molecule has 4 rings (SSSR count). The van der Waals surface area contributed by atoms with Crippen molar-refractivity contribution in [3.05, 3.63) is 82.4 Å². The first kappa shape index (κ1) is 21.7. The maximum absolute atomic E-state index is 13.4. The summed E-state index contributed by atoms with van der Waals surface area (Å²) in [5.41, 5.74) is 2.30. The number of hydrogen-bond donors (Lipinski definition) is 1. The van der Waals surface area contributed by atoms with E-state index < -0.39 is 15.9 Å². The number of halogens is 1. The fourth-order valence-electron chi connectivity index (χ4n) is 3.59. The summed E-state index contributed by atoms with van der Waals surface area (Å²) in [6.07, 6.45) is 0.623. The van der Waals surface area contributed by atoms with Gasteiger partial charge < -0.3 is 10.1 Å². The summed E-state index contributed by atoms with van der Waals surface area (Å²) in [7, 11) is -2.48. The second kappa shape index (κ2) is 8.54. The number of amides is 1. The molecule has 0 spiro atoms. The van der Waals surface area contributed by atoms with E-state index in [4.69, 9.17) is 21.6 Å². The second-order valence-corrected chi connectivity index (χ2v) is 9.35. The summed E-state index contributed by atoms with van der Waals surface area (Å²) in [6, 6.07) is 17.9. The standard InChI is InChI=1S/C23H18ClN3O4S/c1-31-22-9-8-18(32(29,30)27-11-10-15-4-2-3-5-21(15)27)13-19(22)23(28)26-17-7-6-16(14-25)20(24)12-17/h2-9,12-13H,10-11H2,1H3,(H,26,28). The molecule has 9 heteroatoms. The van der Waals surface area contributed by atoms with Gasteiger partial charge in [0, 0.05) is 12.2 Å². The van der Waals surface area contributed by atoms with Gasteiger partial charge in [-0.3, -0.25) is 9.10 Å². The Bertz CT molecular complexity index is 1370. The summed E-state index contributed by atoms with van der Waals surface area (Å²) < 4.78 is 33.3. The molecule has 162 valence electrons. The zero-order valence-electron chi connectivity index (χ0n) is 17.0. The van der Waals surface area contributed by atoms with Gasteiger partial charge in [0.15, 0.2) is 0 Å². The Morgan fingerprint density at radius 2 is 1.94 bits per heavy atom. The van der Waals surface area contributed by atoms with E-state index in [2.05, 4.69) is 5.32 Å². The van der Waals surface area contributed by atoms with Crippen molar-refractivity contribution in [2.75, 3.05) is 23.3 Å². The van der Waals surface area contributed by atoms with E-state index >= 15 is 0 Å². The topological polar surface area (TPSA) is 99.5 Å². The lowest BCUT2D eigenvalue weighted by atomic mass is 10.1. The van der Waals surface area contributed by atoms with E-state index in [0.29, 0.717) is 24.3 Å². The molecule has 1 aliphatic heterocycles. The molecule has 3 aromatic carbocycles. The van der Waals surface area contributed by atoms with Crippen molar-refractivity contribution in [1.82, 2.24) is 0 Å². The highest BCUT2D eigenvalue weighted by atomic mass is 35.5. The fraction of sp³-hybridized carbons (Fsp3) is 0.130. The van der Waals surface area contributed by atoms with Crippen molar-refractivity contribution in [3.63, 3.8) is 0 Å². The van der Waals surface area contributed by atoms with E-state index in [9.17, 15) is 13.2 Å². The number of hydrogen-bond acceptors (Lipinski definition) is 5. The molecule has 0 unspecified atom stereocenters. The number of nitrogens with zero attached hydrogens (tertiary/aromatic N) is 2. The smallest absolute Gasteiger partial charge is 0.264 e. The minimum absolute atomic E-state index is 0.0157. The van der Waals surface area contributed by atoms with Crippen LogP contribution in [0.5, 0.6) is 5.75 Å². The molecular weight excluding hydrogens is 450 g/mol. The van der Waals surface area contributed by atoms with E-state index in [1.807, 2.05) is 18.2 Å². The van der Waals surface area contributed by atoms with Crippen LogP contribution in [0.4, 0.5) is 11.4 Å². The van der Waals surface area contributed by atoms with Crippen LogP contribution in [0.1, 0.15) is 21.5 Å². The number of benzene rings is 3. The minimum Gasteiger partial charge on any atom is -0.496 e. The Morgan fingerprint density at radius 3 is 2.66 bits per heavy atom. The molecule has 1 heterocycles. The first-order valence-corrected chi connectivity index (χ1v) is 11.5. The Morgan fingerprint density at radius 1 is 1.16 bits per heavy atom. The van der Waals surface area contributed by atoms with Crippen LogP contribution < -0.4 is 14.4 Å². The Hall–Kier alpha value is -3.54. The van der Waals surface area contributed by atoms with Crippen LogP contribution >= 0.6 is 11.6 Å². The van der Waals surface area contributed by atoms with E-state index in [-0.39, 0.29) is 26.8 Å². The number of sulfonamides is 1. The molecule has 3 aromatic rings. The molecule has 7 nitrogen and oxygen atoms in total. The summed E-state index contributed by atoms with van der Waals surface area (Å²) in [5, 5.41) is 11.9. The lowest BCUT2D eigenvalue weighted by molar-refractivity contribution is 0.102. The average Bonchev–Trinajstić information content (AvgIpc) is 3.24. The second-order valence-electron chi connectivity index (χ2n) is 7.08. The highest BCUT2D eigenvalue weighted by Gasteiger charge is 2.31. The SMILES string of the molecule is COc1ccc(S(=O)(=O)N2CCc3ccccc32)cc1C(=O)Nc1ccc(C#N)c(Cl)c1. The number of methoxy groups -OCH3 is 1. The molecule has 1 aliphatic rings. The quantitative estimate of drug-likeness (QED) is 0.605. The minimum atomic E-state index is -3.88. The zero-order chi connectivity index (χ0) is 22.9. The van der Waals surface area contributed by atoms with Gasteiger partial charge in [0.1, 0.15) is 11.8 Å². The van der Waals surface area contributed by atoms with Crippen LogP contribution in [0, 0.1) is 11.3 Å². The predicted octanol–water partition coefficient (Wildman–Crippen LogP) is 4.22. The summed E-state index contributed by atoms with van der Waals surface area (Å²) in [6.45, 7) is 0.332. The molecule has 0 fully saturated rings. The van der Waals surface area contributed by atoms with Gasteiger partial charge in [-0.25, -0.2) is 8.42 Å². The van der Waals surface area contributed by atoms with Crippen LogP contribution in [0.3, 0.4) is 0 Å². The molecule has 0 saturated heterocycles. The van der Waals surface area contributed by atoms with Crippen LogP contribution in [0.2, 0.25) is 5.02 Å². The van der Waals surface area contributed by atoms with Crippen molar-refractivity contribution in [3.8, 4) is 11.8 Å². The number of ether oxygens (including phenoxy) is 1. The average molecular weight is 468 g/mol. The number of fused-ring (bicyclic) bond motifs is 1. The number of para-hydroxylation sites is 1. The molecular formula is C23H18ClN3O4S. The Kier molecular flexibility index (Phi) is 5.78. The van der Waals surface area contributed by atoms with Gasteiger partial charge in [-0.15, -0.1) is 0 Å². The normalized spacial score (nSPS) is 12.7. The monoisotopic (exact) mass is 467 g/mol. The van der Waals surface area contributed by atoms with Crippen LogP contribution in [0.25, 0.3) is 0 Å². The van der Waals surface area contributed by atoms with Gasteiger partial charge >= 0.3 is 0 Å². The van der Waals surface area contributed by atoms with Crippen molar-refractivity contribution in [1.29, 1.82) is 5.26 Å². The molecule has 0 atom stereocenters. The third-order valence-corrected chi connectivity index (χ3v) is 7.32. The predicted molar refractivity (Wildman–Crippen MR) is 122 cm³/mol. The molecule has 0 aliphatic carbocycles. The molecule has 1 N–H and O–H groups in total. The van der Waals surface area contributed by atoms with Gasteiger partial charge in [-0.1, -0.05) is 29.8 Å². The lowest BCUT2D eigenvalue weighted by Gasteiger charge is -2.20. The molecule has 32 heavy (non-hydrogen) atoms. The highest BCUT2D eigenvalue weighted by Crippen LogP contribution is 2.34. The van der Waals surface area contributed by atoms with Crippen LogP contribution in [-0.2, 0) is 16.4 Å². The molecule has 1 amide bonds. The summed E-state index contributed by atoms with van der Waals surface area (Å²) in [5.74, 6) is -0.343. The molecule has 0 saturated carbocycles. The van der Waals surface area contributed by atoms with Crippen LogP contribution in [0.15, 0.2) is 65.6 Å². The van der Waals surface area contributed by atoms with Crippen molar-refractivity contribution in [2.45, 2.75) is 11.3 Å². The summed E-state index contributed by atoms with van der Waals surface area (Å²) >= 11 is 6.03. The number of carbonyl (C=O) groups excluding carboxylic acids is 1. The first-order valence-electron chi connectivity index (χ1n) is 9.65. The van der Waals surface area contributed by atoms with E-state index in [1.54, 1.807) is 12.1 Å². The van der Waals surface area contributed by atoms with E-state index in [0.717, 1.165) is 5.56 Å². The number of anilines is 2. The van der Waals surface area contributed by atoms with Crippen molar-refractivity contribution >= 4 is 38.9 Å². The molecule has 0 aromatic heterocycles. The van der Waals surface area contributed by atoms with Crippen molar-refractivity contribution < 1.29 is 17.9 Å². The zero-order valence-corrected chi connectivity index (χ0v) is 18.6. The third-order valence-electron chi connectivity index (χ3n) is 5.20. The van der Waals surface area contributed by atoms with Gasteiger partial charge in [-0.05, 0) is 54.4 Å². The maximum Gasteiger partial charge on any atom is 0.264 e. The Balaban J connectivity index is 1.68. The van der Waals surface area contributed by atoms with Gasteiger partial charge in [0.25, 0.3) is 15.9 Å². The van der Waals surface area contributed by atoms with Crippen LogP contribution in [-0.4, -0.2) is 28.0 Å². The Labute approximate surface area is 190 Å². The first-order chi connectivity index (χ1) is 15.3. The number of carbonyl (C=O) groups is 1. The number of nitriles is 1. The third kappa shape index (κ3) is 3.88. The summed E-state index contributed by atoms with van der Waals surface area (Å²) in [4.78, 5) is 12.9. The molecule has 0 radical (unpaired) electrons. The van der Waals surface area contributed by atoms with E-state index in [1.165, 1.54) is 47.8 Å². The van der Waals surface area contributed by atoms with Crippen molar-refractivity contribution in [2.24, 2.45) is 0 Å². The maximum atomic E-state index is 13.4. The van der Waals surface area contributed by atoms with Gasteiger partial charge in [-0.2, -0.15) is 5.26 Å². The lowest BCUT2D eigenvalue weighted by Crippen LogP contribution is -2.29. The highest BCUT2D eigenvalue weighted by molar-refractivity contribution is 7.92. The fourth-order valence-corrected chi connectivity index (χ4v) is 5.34. The largest absolute Gasteiger partial charge is 0.496 e.